The van der Waals surface area contributed by atoms with Crippen LogP contribution in [0, 0.1) is 5.92 Å². The highest BCUT2D eigenvalue weighted by molar-refractivity contribution is 5.42. The Balaban J connectivity index is 2.90. The number of nitrogens with one attached hydrogen (secondary N) is 1. The molecule has 1 atom stereocenters. The molecule has 0 saturated carbocycles. The van der Waals surface area contributed by atoms with Crippen LogP contribution >= 0.6 is 0 Å². The van der Waals surface area contributed by atoms with Gasteiger partial charge in [0.05, 0.1) is 14.2 Å². The molecule has 0 unspecified atom stereocenters. The molecule has 0 spiro atoms. The average Bonchev–Trinajstić information content (AvgIpc) is 2.39. The van der Waals surface area contributed by atoms with Gasteiger partial charge in [-0.05, 0) is 24.9 Å². The largest absolute Gasteiger partial charge is 0.497 e. The molecule has 1 aromatic carbocycles. The molecule has 102 valence electrons. The van der Waals surface area contributed by atoms with E-state index in [2.05, 4.69) is 32.2 Å². The zero-order valence-corrected chi connectivity index (χ0v) is 12.1. The van der Waals surface area contributed by atoms with Crippen molar-refractivity contribution >= 4 is 0 Å². The maximum atomic E-state index is 5.46. The van der Waals surface area contributed by atoms with Gasteiger partial charge < -0.3 is 14.8 Å². The van der Waals surface area contributed by atoms with Gasteiger partial charge >= 0.3 is 0 Å². The number of methoxy groups -OCH3 is 2. The Kier molecular flexibility index (Phi) is 5.99. The molecular formula is C15H25NO2. The van der Waals surface area contributed by atoms with Crippen LogP contribution in [0.5, 0.6) is 11.5 Å². The summed E-state index contributed by atoms with van der Waals surface area (Å²) in [7, 11) is 3.37. The summed E-state index contributed by atoms with van der Waals surface area (Å²) in [6, 6.07) is 6.33. The second kappa shape index (κ2) is 7.27. The topological polar surface area (TPSA) is 30.5 Å². The van der Waals surface area contributed by atoms with Crippen molar-refractivity contribution in [3.05, 3.63) is 23.8 Å². The van der Waals surface area contributed by atoms with E-state index in [-0.39, 0.29) is 0 Å². The molecule has 3 heteroatoms. The second-order valence-corrected chi connectivity index (χ2v) is 4.87. The van der Waals surface area contributed by atoms with Crippen molar-refractivity contribution in [2.75, 3.05) is 20.8 Å². The molecule has 1 rings (SSSR count). The molecule has 0 aliphatic carbocycles. The molecule has 18 heavy (non-hydrogen) atoms. The van der Waals surface area contributed by atoms with Gasteiger partial charge in [-0.15, -0.1) is 0 Å². The maximum Gasteiger partial charge on any atom is 0.127 e. The Labute approximate surface area is 110 Å². The fraction of sp³-hybridized carbons (Fsp3) is 0.600. The molecule has 0 heterocycles. The predicted molar refractivity (Wildman–Crippen MR) is 75.4 cm³/mol. The summed E-state index contributed by atoms with van der Waals surface area (Å²) < 4.78 is 10.7. The first-order valence-corrected chi connectivity index (χ1v) is 6.57. The zero-order valence-electron chi connectivity index (χ0n) is 12.1. The summed E-state index contributed by atoms with van der Waals surface area (Å²) in [6.07, 6.45) is 1.04. The lowest BCUT2D eigenvalue weighted by Crippen LogP contribution is -2.25. The van der Waals surface area contributed by atoms with Crippen molar-refractivity contribution in [1.82, 2.24) is 5.32 Å². The number of hydrogen-bond acceptors (Lipinski definition) is 3. The van der Waals surface area contributed by atoms with Crippen LogP contribution in [0.2, 0.25) is 0 Å². The van der Waals surface area contributed by atoms with Crippen LogP contribution in [-0.4, -0.2) is 20.8 Å². The van der Waals surface area contributed by atoms with Gasteiger partial charge in [-0.2, -0.15) is 0 Å². The molecule has 0 aromatic heterocycles. The van der Waals surface area contributed by atoms with E-state index < -0.39 is 0 Å². The van der Waals surface area contributed by atoms with Gasteiger partial charge in [0.1, 0.15) is 11.5 Å². The SMILES string of the molecule is CC[C@@H](NCC(C)C)c1ccc(OC)cc1OC. The molecule has 0 aliphatic rings. The highest BCUT2D eigenvalue weighted by atomic mass is 16.5. The van der Waals surface area contributed by atoms with Gasteiger partial charge in [0.25, 0.3) is 0 Å². The van der Waals surface area contributed by atoms with Gasteiger partial charge in [-0.25, -0.2) is 0 Å². The van der Waals surface area contributed by atoms with Crippen molar-refractivity contribution in [3.8, 4) is 11.5 Å². The number of benzene rings is 1. The maximum absolute atomic E-state index is 5.46. The Bertz CT molecular complexity index is 364. The van der Waals surface area contributed by atoms with Crippen molar-refractivity contribution in [2.24, 2.45) is 5.92 Å². The number of rotatable bonds is 7. The summed E-state index contributed by atoms with van der Waals surface area (Å²) in [6.45, 7) is 7.62. The molecule has 0 amide bonds. The summed E-state index contributed by atoms with van der Waals surface area (Å²) in [5, 5.41) is 3.58. The summed E-state index contributed by atoms with van der Waals surface area (Å²) in [5.74, 6) is 2.36. The van der Waals surface area contributed by atoms with E-state index in [1.807, 2.05) is 12.1 Å². The highest BCUT2D eigenvalue weighted by Gasteiger charge is 2.15. The lowest BCUT2D eigenvalue weighted by Gasteiger charge is -2.21. The van der Waals surface area contributed by atoms with Crippen molar-refractivity contribution < 1.29 is 9.47 Å². The average molecular weight is 251 g/mol. The molecule has 0 fully saturated rings. The third-order valence-corrected chi connectivity index (χ3v) is 3.00. The molecular weight excluding hydrogens is 226 g/mol. The Morgan fingerprint density at radius 3 is 2.39 bits per heavy atom. The standard InChI is InChI=1S/C15H25NO2/c1-6-14(16-10-11(2)3)13-8-7-12(17-4)9-15(13)18-5/h7-9,11,14,16H,6,10H2,1-5H3/t14-/m1/s1. The third-order valence-electron chi connectivity index (χ3n) is 3.00. The second-order valence-electron chi connectivity index (χ2n) is 4.87. The Morgan fingerprint density at radius 1 is 1.17 bits per heavy atom. The minimum absolute atomic E-state index is 0.327. The van der Waals surface area contributed by atoms with Gasteiger partial charge in [-0.1, -0.05) is 26.8 Å². The first kappa shape index (κ1) is 14.8. The van der Waals surface area contributed by atoms with Crippen LogP contribution in [0.15, 0.2) is 18.2 Å². The molecule has 0 radical (unpaired) electrons. The van der Waals surface area contributed by atoms with E-state index in [0.717, 1.165) is 24.5 Å². The van der Waals surface area contributed by atoms with E-state index >= 15 is 0 Å². The van der Waals surface area contributed by atoms with E-state index in [1.54, 1.807) is 14.2 Å². The molecule has 0 bridgehead atoms. The summed E-state index contributed by atoms with van der Waals surface area (Å²) in [4.78, 5) is 0. The molecule has 1 aromatic rings. The van der Waals surface area contributed by atoms with Crippen LogP contribution in [0.3, 0.4) is 0 Å². The van der Waals surface area contributed by atoms with Crippen molar-refractivity contribution in [3.63, 3.8) is 0 Å². The molecule has 0 aliphatic heterocycles. The Morgan fingerprint density at radius 2 is 1.89 bits per heavy atom. The van der Waals surface area contributed by atoms with Crippen LogP contribution in [0.25, 0.3) is 0 Å². The van der Waals surface area contributed by atoms with Crippen molar-refractivity contribution in [2.45, 2.75) is 33.2 Å². The third kappa shape index (κ3) is 3.91. The smallest absolute Gasteiger partial charge is 0.127 e. The van der Waals surface area contributed by atoms with Gasteiger partial charge in [0.15, 0.2) is 0 Å². The zero-order chi connectivity index (χ0) is 13.5. The van der Waals surface area contributed by atoms with E-state index in [1.165, 1.54) is 5.56 Å². The normalized spacial score (nSPS) is 12.6. The van der Waals surface area contributed by atoms with Crippen molar-refractivity contribution in [1.29, 1.82) is 0 Å². The quantitative estimate of drug-likeness (QED) is 0.805. The Hall–Kier alpha value is -1.22. The van der Waals surface area contributed by atoms with Crippen LogP contribution in [-0.2, 0) is 0 Å². The molecule has 3 nitrogen and oxygen atoms in total. The first-order valence-electron chi connectivity index (χ1n) is 6.57. The van der Waals surface area contributed by atoms with E-state index in [9.17, 15) is 0 Å². The van der Waals surface area contributed by atoms with E-state index in [0.29, 0.717) is 12.0 Å². The predicted octanol–water partition coefficient (Wildman–Crippen LogP) is 3.40. The number of hydrogen-bond donors (Lipinski definition) is 1. The fourth-order valence-electron chi connectivity index (χ4n) is 1.96. The molecule has 1 N–H and O–H groups in total. The minimum atomic E-state index is 0.327. The first-order chi connectivity index (χ1) is 8.62. The molecule has 0 saturated heterocycles. The lowest BCUT2D eigenvalue weighted by molar-refractivity contribution is 0.379. The van der Waals surface area contributed by atoms with E-state index in [4.69, 9.17) is 9.47 Å². The van der Waals surface area contributed by atoms with Crippen LogP contribution in [0.1, 0.15) is 38.8 Å². The number of ether oxygens (including phenoxy) is 2. The van der Waals surface area contributed by atoms with Crippen LogP contribution < -0.4 is 14.8 Å². The lowest BCUT2D eigenvalue weighted by atomic mass is 10.0. The fourth-order valence-corrected chi connectivity index (χ4v) is 1.96. The van der Waals surface area contributed by atoms with Gasteiger partial charge in [-0.3, -0.25) is 0 Å². The van der Waals surface area contributed by atoms with Gasteiger partial charge in [0.2, 0.25) is 0 Å². The minimum Gasteiger partial charge on any atom is -0.497 e. The summed E-state index contributed by atoms with van der Waals surface area (Å²) in [5.41, 5.74) is 1.20. The van der Waals surface area contributed by atoms with Gasteiger partial charge in [0, 0.05) is 17.7 Å². The monoisotopic (exact) mass is 251 g/mol. The van der Waals surface area contributed by atoms with Crippen LogP contribution in [0.4, 0.5) is 0 Å². The highest BCUT2D eigenvalue weighted by Crippen LogP contribution is 2.30. The summed E-state index contributed by atoms with van der Waals surface area (Å²) >= 11 is 0.